The van der Waals surface area contributed by atoms with Crippen LogP contribution in [0.25, 0.3) is 11.1 Å². The van der Waals surface area contributed by atoms with Gasteiger partial charge in [-0.05, 0) is 42.0 Å². The van der Waals surface area contributed by atoms with Crippen LogP contribution in [-0.4, -0.2) is 12.6 Å². The first-order valence-corrected chi connectivity index (χ1v) is 8.92. The molecule has 0 aromatic heterocycles. The molecule has 0 bridgehead atoms. The van der Waals surface area contributed by atoms with Gasteiger partial charge in [-0.25, -0.2) is 0 Å². The van der Waals surface area contributed by atoms with Crippen molar-refractivity contribution < 1.29 is 4.74 Å². The molecule has 4 rings (SSSR count). The predicted octanol–water partition coefficient (Wildman–Crippen LogP) is 4.93. The molecule has 3 heteroatoms. The van der Waals surface area contributed by atoms with E-state index in [1.165, 1.54) is 36.8 Å². The quantitative estimate of drug-likeness (QED) is 0.867. The van der Waals surface area contributed by atoms with Crippen molar-refractivity contribution in [2.24, 2.45) is 5.73 Å². The molecule has 0 spiro atoms. The first kappa shape index (κ1) is 15.0. The van der Waals surface area contributed by atoms with Crippen LogP contribution in [0.15, 0.2) is 36.4 Å². The van der Waals surface area contributed by atoms with Crippen LogP contribution >= 0.6 is 11.6 Å². The van der Waals surface area contributed by atoms with Crippen LogP contribution in [0.4, 0.5) is 0 Å². The summed E-state index contributed by atoms with van der Waals surface area (Å²) in [5.41, 5.74) is 10.8. The van der Waals surface area contributed by atoms with Gasteiger partial charge in [-0.2, -0.15) is 0 Å². The van der Waals surface area contributed by atoms with E-state index in [4.69, 9.17) is 22.1 Å². The minimum absolute atomic E-state index is 0.0880. The van der Waals surface area contributed by atoms with Crippen molar-refractivity contribution in [1.29, 1.82) is 0 Å². The number of hydrogen-bond donors (Lipinski definition) is 1. The summed E-state index contributed by atoms with van der Waals surface area (Å²) in [5.74, 6) is 1.66. The maximum atomic E-state index is 6.46. The zero-order valence-electron chi connectivity index (χ0n) is 13.2. The van der Waals surface area contributed by atoms with E-state index in [0.717, 1.165) is 28.3 Å². The summed E-state index contributed by atoms with van der Waals surface area (Å²) in [7, 11) is 0. The smallest absolute Gasteiger partial charge is 0.131 e. The number of benzene rings is 2. The molecule has 2 aromatic carbocycles. The minimum Gasteiger partial charge on any atom is -0.488 e. The number of rotatable bonds is 3. The number of fused-ring (bicyclic) bond motifs is 1. The first-order valence-electron chi connectivity index (χ1n) is 8.54. The second kappa shape index (κ2) is 6.18. The highest BCUT2D eigenvalue weighted by molar-refractivity contribution is 6.33. The maximum Gasteiger partial charge on any atom is 0.131 e. The zero-order chi connectivity index (χ0) is 15.8. The van der Waals surface area contributed by atoms with Gasteiger partial charge in [0.25, 0.3) is 0 Å². The second-order valence-corrected chi connectivity index (χ2v) is 7.10. The van der Waals surface area contributed by atoms with Gasteiger partial charge < -0.3 is 10.5 Å². The molecule has 1 unspecified atom stereocenters. The van der Waals surface area contributed by atoms with Crippen LogP contribution in [0.1, 0.15) is 42.7 Å². The summed E-state index contributed by atoms with van der Waals surface area (Å²) in [6.07, 6.45) is 6.26. The Morgan fingerprint density at radius 2 is 1.87 bits per heavy atom. The van der Waals surface area contributed by atoms with E-state index in [0.29, 0.717) is 12.5 Å². The minimum atomic E-state index is 0.0880. The van der Waals surface area contributed by atoms with Gasteiger partial charge in [-0.3, -0.25) is 0 Å². The van der Waals surface area contributed by atoms with Gasteiger partial charge in [0.05, 0.1) is 0 Å². The number of hydrogen-bond acceptors (Lipinski definition) is 2. The predicted molar refractivity (Wildman–Crippen MR) is 95.3 cm³/mol. The lowest BCUT2D eigenvalue weighted by atomic mass is 9.90. The van der Waals surface area contributed by atoms with Gasteiger partial charge in [-0.1, -0.05) is 48.7 Å². The maximum absolute atomic E-state index is 6.46. The average Bonchev–Trinajstić information content (AvgIpc) is 3.23. The third-order valence-corrected chi connectivity index (χ3v) is 5.50. The van der Waals surface area contributed by atoms with E-state index in [2.05, 4.69) is 18.2 Å². The molecule has 120 valence electrons. The number of ether oxygens (including phenoxy) is 1. The fraction of sp³-hybridized carbons (Fsp3) is 0.400. The van der Waals surface area contributed by atoms with E-state index < -0.39 is 0 Å². The van der Waals surface area contributed by atoms with Gasteiger partial charge in [0.1, 0.15) is 11.9 Å². The summed E-state index contributed by atoms with van der Waals surface area (Å²) >= 11 is 6.46. The van der Waals surface area contributed by atoms with E-state index in [9.17, 15) is 0 Å². The van der Waals surface area contributed by atoms with Crippen molar-refractivity contribution in [2.75, 3.05) is 6.54 Å². The van der Waals surface area contributed by atoms with Crippen LogP contribution in [0.5, 0.6) is 5.75 Å². The fourth-order valence-electron chi connectivity index (χ4n) is 3.96. The Labute approximate surface area is 142 Å². The van der Waals surface area contributed by atoms with Crippen LogP contribution in [0.3, 0.4) is 0 Å². The monoisotopic (exact) mass is 327 g/mol. The molecular weight excluding hydrogens is 306 g/mol. The molecule has 2 aromatic rings. The van der Waals surface area contributed by atoms with Crippen LogP contribution in [0.2, 0.25) is 5.02 Å². The van der Waals surface area contributed by atoms with Crippen molar-refractivity contribution in [3.8, 4) is 16.9 Å². The molecular formula is C20H22ClNO. The van der Waals surface area contributed by atoms with Gasteiger partial charge in [0, 0.05) is 29.1 Å². The summed E-state index contributed by atoms with van der Waals surface area (Å²) in [5, 5.41) is 0.776. The van der Waals surface area contributed by atoms with Crippen molar-refractivity contribution in [3.63, 3.8) is 0 Å². The van der Waals surface area contributed by atoms with Crippen LogP contribution < -0.4 is 10.5 Å². The van der Waals surface area contributed by atoms with Crippen molar-refractivity contribution in [1.82, 2.24) is 0 Å². The van der Waals surface area contributed by atoms with E-state index >= 15 is 0 Å². The normalized spacial score (nSPS) is 20.5. The summed E-state index contributed by atoms with van der Waals surface area (Å²) in [6.45, 7) is 0.551. The van der Waals surface area contributed by atoms with Gasteiger partial charge >= 0.3 is 0 Å². The Morgan fingerprint density at radius 3 is 2.61 bits per heavy atom. The number of halogens is 1. The molecule has 2 N–H and O–H groups in total. The lowest BCUT2D eigenvalue weighted by Gasteiger charge is -2.16. The Bertz CT molecular complexity index is 722. The molecule has 1 saturated carbocycles. The lowest BCUT2D eigenvalue weighted by Crippen LogP contribution is -2.24. The van der Waals surface area contributed by atoms with Gasteiger partial charge in [0.2, 0.25) is 0 Å². The Balaban J connectivity index is 1.85. The van der Waals surface area contributed by atoms with Crippen LogP contribution in [0, 0.1) is 0 Å². The van der Waals surface area contributed by atoms with Gasteiger partial charge in [-0.15, -0.1) is 0 Å². The summed E-state index contributed by atoms with van der Waals surface area (Å²) < 4.78 is 6.13. The second-order valence-electron chi connectivity index (χ2n) is 6.70. The molecule has 1 atom stereocenters. The standard InChI is InChI=1S/C20H22ClNO/c21-19-8-4-3-7-17(19)18-11-14(13-5-1-2-6-13)9-15-10-16(12-22)23-20(15)18/h3-4,7-9,11,13,16H,1-2,5-6,10,12,22H2. The lowest BCUT2D eigenvalue weighted by molar-refractivity contribution is 0.242. The Morgan fingerprint density at radius 1 is 1.09 bits per heavy atom. The van der Waals surface area contributed by atoms with Crippen LogP contribution in [-0.2, 0) is 6.42 Å². The highest BCUT2D eigenvalue weighted by Crippen LogP contribution is 2.45. The van der Waals surface area contributed by atoms with Crippen molar-refractivity contribution in [2.45, 2.75) is 44.1 Å². The molecule has 1 heterocycles. The van der Waals surface area contributed by atoms with E-state index in [1.807, 2.05) is 18.2 Å². The molecule has 0 amide bonds. The van der Waals surface area contributed by atoms with E-state index in [-0.39, 0.29) is 6.10 Å². The highest BCUT2D eigenvalue weighted by atomic mass is 35.5. The highest BCUT2D eigenvalue weighted by Gasteiger charge is 2.28. The molecule has 2 nitrogen and oxygen atoms in total. The summed E-state index contributed by atoms with van der Waals surface area (Å²) in [4.78, 5) is 0. The molecule has 1 aliphatic carbocycles. The molecule has 0 radical (unpaired) electrons. The molecule has 23 heavy (non-hydrogen) atoms. The van der Waals surface area contributed by atoms with E-state index in [1.54, 1.807) is 0 Å². The molecule has 1 aliphatic heterocycles. The van der Waals surface area contributed by atoms with Gasteiger partial charge in [0.15, 0.2) is 0 Å². The third-order valence-electron chi connectivity index (χ3n) is 5.17. The SMILES string of the molecule is NCC1Cc2cc(C3CCCC3)cc(-c3ccccc3Cl)c2O1. The number of nitrogens with two attached hydrogens (primary N) is 1. The molecule has 1 fully saturated rings. The summed E-state index contributed by atoms with van der Waals surface area (Å²) in [6, 6.07) is 12.7. The van der Waals surface area contributed by atoms with Crippen molar-refractivity contribution in [3.05, 3.63) is 52.5 Å². The molecule has 0 saturated heterocycles. The zero-order valence-corrected chi connectivity index (χ0v) is 14.0. The Kier molecular flexibility index (Phi) is 4.04. The largest absolute Gasteiger partial charge is 0.488 e. The Hall–Kier alpha value is -1.51. The van der Waals surface area contributed by atoms with Crippen molar-refractivity contribution >= 4 is 11.6 Å². The average molecular weight is 328 g/mol. The third kappa shape index (κ3) is 2.75. The molecule has 2 aliphatic rings. The fourth-order valence-corrected chi connectivity index (χ4v) is 4.20. The topological polar surface area (TPSA) is 35.2 Å². The first-order chi connectivity index (χ1) is 11.3.